The highest BCUT2D eigenvalue weighted by Crippen LogP contribution is 2.29. The molecular weight excluding hydrogens is 184 g/mol. The smallest absolute Gasteiger partial charge is 0.303 e. The van der Waals surface area contributed by atoms with Gasteiger partial charge in [0, 0.05) is 11.7 Å². The van der Waals surface area contributed by atoms with Crippen LogP contribution in [0.4, 0.5) is 0 Å². The number of carboxylic acids is 1. The minimum absolute atomic E-state index is 0.339. The Morgan fingerprint density at radius 3 is 2.62 bits per heavy atom. The minimum atomic E-state index is -0.661. The molecule has 76 valence electrons. The van der Waals surface area contributed by atoms with E-state index in [0.717, 1.165) is 23.8 Å². The van der Waals surface area contributed by atoms with E-state index in [9.17, 15) is 4.79 Å². The first-order valence-electron chi connectivity index (χ1n) is 5.12. The fraction of sp³-hybridized carbons (Fsp3) is 0.900. The van der Waals surface area contributed by atoms with E-state index in [1.165, 1.54) is 25.7 Å². The number of hydrogen-bond donors (Lipinski definition) is 1. The van der Waals surface area contributed by atoms with E-state index in [2.05, 4.69) is 0 Å². The third-order valence-corrected chi connectivity index (χ3v) is 3.91. The molecule has 1 N–H and O–H groups in total. The lowest BCUT2D eigenvalue weighted by molar-refractivity contribution is -0.137. The molecule has 0 atom stereocenters. The number of thioether (sulfide) groups is 1. The Bertz CT molecular complexity index is 153. The van der Waals surface area contributed by atoms with E-state index in [1.807, 2.05) is 11.8 Å². The highest BCUT2D eigenvalue weighted by molar-refractivity contribution is 7.99. The van der Waals surface area contributed by atoms with E-state index in [-0.39, 0.29) is 0 Å². The molecule has 0 heterocycles. The molecule has 1 saturated carbocycles. The summed E-state index contributed by atoms with van der Waals surface area (Å²) in [5.41, 5.74) is 0. The molecule has 0 saturated heterocycles. The van der Waals surface area contributed by atoms with Gasteiger partial charge in [-0.2, -0.15) is 11.8 Å². The van der Waals surface area contributed by atoms with Crippen LogP contribution in [0.15, 0.2) is 0 Å². The zero-order valence-electron chi connectivity index (χ0n) is 8.00. The Morgan fingerprint density at radius 1 is 1.31 bits per heavy atom. The van der Waals surface area contributed by atoms with E-state index >= 15 is 0 Å². The lowest BCUT2D eigenvalue weighted by Crippen LogP contribution is -1.98. The van der Waals surface area contributed by atoms with Gasteiger partial charge in [-0.15, -0.1) is 0 Å². The van der Waals surface area contributed by atoms with Gasteiger partial charge >= 0.3 is 5.97 Å². The van der Waals surface area contributed by atoms with Crippen molar-refractivity contribution in [2.75, 3.05) is 5.75 Å². The van der Waals surface area contributed by atoms with Crippen LogP contribution in [-0.4, -0.2) is 22.1 Å². The Balaban J connectivity index is 1.86. The van der Waals surface area contributed by atoms with Crippen molar-refractivity contribution in [3.63, 3.8) is 0 Å². The normalized spacial score (nSPS) is 17.8. The first kappa shape index (κ1) is 10.9. The van der Waals surface area contributed by atoms with Gasteiger partial charge in [-0.05, 0) is 31.4 Å². The van der Waals surface area contributed by atoms with Gasteiger partial charge in [0.15, 0.2) is 0 Å². The Hall–Kier alpha value is -0.180. The zero-order chi connectivity index (χ0) is 9.52. The lowest BCUT2D eigenvalue weighted by Gasteiger charge is -2.07. The minimum Gasteiger partial charge on any atom is -0.481 e. The fourth-order valence-electron chi connectivity index (χ4n) is 1.68. The van der Waals surface area contributed by atoms with Gasteiger partial charge in [-0.25, -0.2) is 0 Å². The maximum Gasteiger partial charge on any atom is 0.303 e. The van der Waals surface area contributed by atoms with Gasteiger partial charge in [0.1, 0.15) is 0 Å². The second-order valence-corrected chi connectivity index (χ2v) is 5.04. The summed E-state index contributed by atoms with van der Waals surface area (Å²) in [6.45, 7) is 0. The van der Waals surface area contributed by atoms with Crippen LogP contribution < -0.4 is 0 Å². The summed E-state index contributed by atoms with van der Waals surface area (Å²) in [6.07, 6.45) is 7.79. The van der Waals surface area contributed by atoms with Gasteiger partial charge in [0.25, 0.3) is 0 Å². The van der Waals surface area contributed by atoms with Gasteiger partial charge in [0.2, 0.25) is 0 Å². The molecule has 0 radical (unpaired) electrons. The average molecular weight is 202 g/mol. The monoisotopic (exact) mass is 202 g/mol. The van der Waals surface area contributed by atoms with Crippen LogP contribution in [-0.2, 0) is 4.79 Å². The first-order valence-corrected chi connectivity index (χ1v) is 6.17. The average Bonchev–Trinajstić information content (AvgIpc) is 2.55. The maximum absolute atomic E-state index is 10.2. The molecule has 0 aliphatic heterocycles. The van der Waals surface area contributed by atoms with Gasteiger partial charge < -0.3 is 5.11 Å². The molecule has 0 unspecified atom stereocenters. The quantitative estimate of drug-likeness (QED) is 0.673. The maximum atomic E-state index is 10.2. The van der Waals surface area contributed by atoms with Gasteiger partial charge in [-0.1, -0.05) is 12.8 Å². The van der Waals surface area contributed by atoms with Crippen LogP contribution in [0, 0.1) is 0 Å². The van der Waals surface area contributed by atoms with Crippen LogP contribution in [0.2, 0.25) is 0 Å². The van der Waals surface area contributed by atoms with Crippen LogP contribution in [0.25, 0.3) is 0 Å². The second kappa shape index (κ2) is 6.30. The third-order valence-electron chi connectivity index (χ3n) is 2.44. The molecule has 0 spiro atoms. The molecule has 1 rings (SSSR count). The fourth-order valence-corrected chi connectivity index (χ4v) is 3.05. The molecule has 3 heteroatoms. The molecule has 0 amide bonds. The summed E-state index contributed by atoms with van der Waals surface area (Å²) < 4.78 is 0. The largest absolute Gasteiger partial charge is 0.481 e. The molecule has 1 fully saturated rings. The number of hydrogen-bond acceptors (Lipinski definition) is 2. The third kappa shape index (κ3) is 5.19. The predicted octanol–water partition coefficient (Wildman–Crippen LogP) is 2.92. The molecule has 1 aliphatic carbocycles. The highest BCUT2D eigenvalue weighted by atomic mass is 32.2. The number of aliphatic carboxylic acids is 1. The van der Waals surface area contributed by atoms with E-state index in [1.54, 1.807) is 0 Å². The van der Waals surface area contributed by atoms with Crippen molar-refractivity contribution in [1.29, 1.82) is 0 Å². The molecule has 13 heavy (non-hydrogen) atoms. The summed E-state index contributed by atoms with van der Waals surface area (Å²) >= 11 is 2.04. The van der Waals surface area contributed by atoms with Crippen molar-refractivity contribution >= 4 is 17.7 Å². The first-order chi connectivity index (χ1) is 6.29. The molecule has 0 aromatic carbocycles. The summed E-state index contributed by atoms with van der Waals surface area (Å²) in [7, 11) is 0. The standard InChI is InChI=1S/C10H18O2S/c11-10(12)7-3-4-8-13-9-5-1-2-6-9/h9H,1-8H2,(H,11,12). The number of carbonyl (C=O) groups is 1. The summed E-state index contributed by atoms with van der Waals surface area (Å²) in [5.74, 6) is 0.490. The molecule has 2 nitrogen and oxygen atoms in total. The van der Waals surface area contributed by atoms with Crippen molar-refractivity contribution < 1.29 is 9.90 Å². The molecule has 0 bridgehead atoms. The van der Waals surface area contributed by atoms with E-state index in [0.29, 0.717) is 6.42 Å². The number of rotatable bonds is 6. The van der Waals surface area contributed by atoms with Crippen LogP contribution >= 0.6 is 11.8 Å². The van der Waals surface area contributed by atoms with Crippen LogP contribution in [0.3, 0.4) is 0 Å². The van der Waals surface area contributed by atoms with E-state index in [4.69, 9.17) is 5.11 Å². The Morgan fingerprint density at radius 2 is 2.00 bits per heavy atom. The Labute approximate surface area is 84.1 Å². The molecule has 0 aromatic heterocycles. The Kier molecular flexibility index (Phi) is 5.28. The zero-order valence-corrected chi connectivity index (χ0v) is 8.81. The topological polar surface area (TPSA) is 37.3 Å². The van der Waals surface area contributed by atoms with Crippen molar-refractivity contribution in [3.8, 4) is 0 Å². The van der Waals surface area contributed by atoms with E-state index < -0.39 is 5.97 Å². The second-order valence-electron chi connectivity index (χ2n) is 3.63. The summed E-state index contributed by atoms with van der Waals surface area (Å²) in [4.78, 5) is 10.2. The van der Waals surface area contributed by atoms with Crippen LogP contribution in [0.1, 0.15) is 44.9 Å². The molecular formula is C10H18O2S. The van der Waals surface area contributed by atoms with Crippen molar-refractivity contribution in [3.05, 3.63) is 0 Å². The predicted molar refractivity (Wildman–Crippen MR) is 56.2 cm³/mol. The molecule has 0 aromatic rings. The summed E-state index contributed by atoms with van der Waals surface area (Å²) in [6, 6.07) is 0. The number of unbranched alkanes of at least 4 members (excludes halogenated alkanes) is 1. The van der Waals surface area contributed by atoms with Crippen LogP contribution in [0.5, 0.6) is 0 Å². The van der Waals surface area contributed by atoms with Crippen molar-refractivity contribution in [2.24, 2.45) is 0 Å². The molecule has 1 aliphatic rings. The van der Waals surface area contributed by atoms with Gasteiger partial charge in [0.05, 0.1) is 0 Å². The number of carboxylic acid groups (broad SMARTS) is 1. The summed E-state index contributed by atoms with van der Waals surface area (Å²) in [5, 5.41) is 9.30. The van der Waals surface area contributed by atoms with Crippen molar-refractivity contribution in [1.82, 2.24) is 0 Å². The lowest BCUT2D eigenvalue weighted by atomic mass is 10.2. The van der Waals surface area contributed by atoms with Crippen molar-refractivity contribution in [2.45, 2.75) is 50.2 Å². The highest BCUT2D eigenvalue weighted by Gasteiger charge is 2.14. The SMILES string of the molecule is O=C(O)CCCCSC1CCCC1. The van der Waals surface area contributed by atoms with Gasteiger partial charge in [-0.3, -0.25) is 4.79 Å².